The number of fused-ring (bicyclic) bond motifs is 1. The molecule has 6 nitrogen and oxygen atoms in total. The maximum atomic E-state index is 13.9. The molecule has 2 aromatic heterocycles. The van der Waals surface area contributed by atoms with Crippen LogP contribution in [0, 0.1) is 5.82 Å². The number of hydrogen-bond donors (Lipinski definition) is 1. The molecule has 27 heavy (non-hydrogen) atoms. The molecule has 4 rings (SSSR count). The summed E-state index contributed by atoms with van der Waals surface area (Å²) in [7, 11) is 1.64. The summed E-state index contributed by atoms with van der Waals surface area (Å²) in [4.78, 5) is 8.64. The highest BCUT2D eigenvalue weighted by Crippen LogP contribution is 2.39. The minimum absolute atomic E-state index is 0.0854. The number of ether oxygens (including phenoxy) is 1. The summed E-state index contributed by atoms with van der Waals surface area (Å²) in [5.41, 5.74) is 1.78. The fourth-order valence-corrected chi connectivity index (χ4v) is 4.08. The smallest absolute Gasteiger partial charge is 0.254 e. The fourth-order valence-electron chi connectivity index (χ4n) is 4.08. The van der Waals surface area contributed by atoms with Crippen molar-refractivity contribution >= 4 is 11.6 Å². The summed E-state index contributed by atoms with van der Waals surface area (Å²) >= 11 is 0. The zero-order chi connectivity index (χ0) is 18.7. The number of nitrogens with zero attached hydrogens (tertiary/aromatic N) is 4. The second-order valence-corrected chi connectivity index (χ2v) is 7.24. The van der Waals surface area contributed by atoms with Crippen molar-refractivity contribution < 1.29 is 9.13 Å². The van der Waals surface area contributed by atoms with Crippen molar-refractivity contribution in [2.45, 2.75) is 44.1 Å². The van der Waals surface area contributed by atoms with E-state index in [0.717, 1.165) is 42.8 Å². The van der Waals surface area contributed by atoms with Gasteiger partial charge in [-0.2, -0.15) is 14.6 Å². The van der Waals surface area contributed by atoms with Gasteiger partial charge >= 0.3 is 0 Å². The van der Waals surface area contributed by atoms with Gasteiger partial charge < -0.3 is 10.1 Å². The Labute approximate surface area is 157 Å². The molecule has 1 fully saturated rings. The number of hydrogen-bond acceptors (Lipinski definition) is 5. The molecule has 1 aliphatic rings. The van der Waals surface area contributed by atoms with Gasteiger partial charge in [0.1, 0.15) is 18.0 Å². The Morgan fingerprint density at radius 2 is 2.07 bits per heavy atom. The first-order valence-electron chi connectivity index (χ1n) is 9.39. The number of benzene rings is 1. The Balaban J connectivity index is 1.65. The standard InChI is InChI=1S/C20H24FN5O/c1-27-12-17-11-18(26-19(25-17)23-14-24-26)22-13-20(8-3-2-4-9-20)15-6-5-7-16(21)10-15/h5-7,10-11,14,22H,2-4,8-9,12-13H2,1H3. The average Bonchev–Trinajstić information content (AvgIpc) is 3.16. The van der Waals surface area contributed by atoms with Crippen LogP contribution in [0.4, 0.5) is 10.2 Å². The third kappa shape index (κ3) is 3.64. The van der Waals surface area contributed by atoms with Gasteiger partial charge in [-0.05, 0) is 30.5 Å². The number of methoxy groups -OCH3 is 1. The van der Waals surface area contributed by atoms with Gasteiger partial charge in [0.15, 0.2) is 0 Å². The van der Waals surface area contributed by atoms with E-state index in [9.17, 15) is 4.39 Å². The Morgan fingerprint density at radius 3 is 2.85 bits per heavy atom. The van der Waals surface area contributed by atoms with E-state index in [1.807, 2.05) is 12.1 Å². The molecule has 0 saturated heterocycles. The molecular formula is C20H24FN5O. The molecule has 0 spiro atoms. The van der Waals surface area contributed by atoms with Crippen molar-refractivity contribution in [3.05, 3.63) is 53.7 Å². The summed E-state index contributed by atoms with van der Waals surface area (Å²) in [5.74, 6) is 1.18. The lowest BCUT2D eigenvalue weighted by molar-refractivity contribution is 0.181. The summed E-state index contributed by atoms with van der Waals surface area (Å²) in [6.07, 6.45) is 7.12. The molecule has 142 valence electrons. The molecule has 7 heteroatoms. The SMILES string of the molecule is COCc1cc(NCC2(c3cccc(F)c3)CCCCC2)n2ncnc2n1. The highest BCUT2D eigenvalue weighted by molar-refractivity contribution is 5.46. The Hall–Kier alpha value is -2.54. The number of anilines is 1. The second kappa shape index (κ2) is 7.60. The van der Waals surface area contributed by atoms with E-state index in [2.05, 4.69) is 20.4 Å². The largest absolute Gasteiger partial charge is 0.378 e. The molecule has 0 bridgehead atoms. The van der Waals surface area contributed by atoms with E-state index >= 15 is 0 Å². The topological polar surface area (TPSA) is 64.3 Å². The Morgan fingerprint density at radius 1 is 1.22 bits per heavy atom. The first-order valence-corrected chi connectivity index (χ1v) is 9.39. The highest BCUT2D eigenvalue weighted by atomic mass is 19.1. The number of halogens is 1. The summed E-state index contributed by atoms with van der Waals surface area (Å²) in [5, 5.41) is 7.82. The molecule has 0 unspecified atom stereocenters. The number of rotatable bonds is 6. The predicted molar refractivity (Wildman–Crippen MR) is 101 cm³/mol. The van der Waals surface area contributed by atoms with Crippen molar-refractivity contribution in [2.24, 2.45) is 0 Å². The van der Waals surface area contributed by atoms with Crippen LogP contribution in [-0.4, -0.2) is 33.2 Å². The first-order chi connectivity index (χ1) is 13.2. The van der Waals surface area contributed by atoms with Gasteiger partial charge in [-0.3, -0.25) is 0 Å². The van der Waals surface area contributed by atoms with Gasteiger partial charge in [0, 0.05) is 25.1 Å². The minimum atomic E-state index is -0.178. The zero-order valence-electron chi connectivity index (χ0n) is 15.5. The van der Waals surface area contributed by atoms with Crippen LogP contribution in [0.3, 0.4) is 0 Å². The van der Waals surface area contributed by atoms with Crippen molar-refractivity contribution in [1.29, 1.82) is 0 Å². The molecular weight excluding hydrogens is 345 g/mol. The van der Waals surface area contributed by atoms with Crippen LogP contribution in [0.25, 0.3) is 5.78 Å². The van der Waals surface area contributed by atoms with Gasteiger partial charge in [0.05, 0.1) is 12.3 Å². The maximum Gasteiger partial charge on any atom is 0.254 e. The van der Waals surface area contributed by atoms with Crippen molar-refractivity contribution in [2.75, 3.05) is 19.0 Å². The van der Waals surface area contributed by atoms with E-state index in [1.54, 1.807) is 23.8 Å². The Kier molecular flexibility index (Phi) is 5.03. The minimum Gasteiger partial charge on any atom is -0.378 e. The van der Waals surface area contributed by atoms with E-state index in [-0.39, 0.29) is 11.2 Å². The summed E-state index contributed by atoms with van der Waals surface area (Å²) < 4.78 is 20.8. The average molecular weight is 369 g/mol. The van der Waals surface area contributed by atoms with Crippen LogP contribution in [0.2, 0.25) is 0 Å². The lowest BCUT2D eigenvalue weighted by atomic mass is 9.69. The second-order valence-electron chi connectivity index (χ2n) is 7.24. The van der Waals surface area contributed by atoms with E-state index in [4.69, 9.17) is 4.74 Å². The summed E-state index contributed by atoms with van der Waals surface area (Å²) in [6.45, 7) is 1.12. The predicted octanol–water partition coefficient (Wildman–Crippen LogP) is 3.72. The zero-order valence-corrected chi connectivity index (χ0v) is 15.5. The number of nitrogens with one attached hydrogen (secondary N) is 1. The molecule has 0 aliphatic heterocycles. The molecule has 0 amide bonds. The highest BCUT2D eigenvalue weighted by Gasteiger charge is 2.34. The lowest BCUT2D eigenvalue weighted by Gasteiger charge is -2.38. The van der Waals surface area contributed by atoms with Crippen LogP contribution < -0.4 is 5.32 Å². The van der Waals surface area contributed by atoms with Crippen LogP contribution >= 0.6 is 0 Å². The molecule has 1 saturated carbocycles. The maximum absolute atomic E-state index is 13.9. The molecule has 0 atom stereocenters. The van der Waals surface area contributed by atoms with Gasteiger partial charge in [-0.25, -0.2) is 9.37 Å². The third-order valence-corrected chi connectivity index (χ3v) is 5.45. The molecule has 1 aromatic carbocycles. The van der Waals surface area contributed by atoms with Crippen LogP contribution in [0.1, 0.15) is 43.4 Å². The van der Waals surface area contributed by atoms with Gasteiger partial charge in [-0.1, -0.05) is 31.4 Å². The molecule has 3 aromatic rings. The van der Waals surface area contributed by atoms with Gasteiger partial charge in [0.25, 0.3) is 5.78 Å². The first kappa shape index (κ1) is 17.9. The van der Waals surface area contributed by atoms with E-state index in [0.29, 0.717) is 18.9 Å². The fraction of sp³-hybridized carbons (Fsp3) is 0.450. The molecule has 1 N–H and O–H groups in total. The van der Waals surface area contributed by atoms with Crippen molar-refractivity contribution in [3.8, 4) is 0 Å². The Bertz CT molecular complexity index is 920. The molecule has 2 heterocycles. The van der Waals surface area contributed by atoms with Crippen LogP contribution in [0.5, 0.6) is 0 Å². The van der Waals surface area contributed by atoms with Crippen LogP contribution in [-0.2, 0) is 16.8 Å². The van der Waals surface area contributed by atoms with Gasteiger partial charge in [0.2, 0.25) is 0 Å². The van der Waals surface area contributed by atoms with Crippen LogP contribution in [0.15, 0.2) is 36.7 Å². The lowest BCUT2D eigenvalue weighted by Crippen LogP contribution is -2.37. The molecule has 1 aliphatic carbocycles. The quantitative estimate of drug-likeness (QED) is 0.717. The normalized spacial score (nSPS) is 16.5. The third-order valence-electron chi connectivity index (χ3n) is 5.45. The van der Waals surface area contributed by atoms with E-state index in [1.165, 1.54) is 18.8 Å². The van der Waals surface area contributed by atoms with Crippen molar-refractivity contribution in [1.82, 2.24) is 19.6 Å². The van der Waals surface area contributed by atoms with Crippen molar-refractivity contribution in [3.63, 3.8) is 0 Å². The summed E-state index contributed by atoms with van der Waals surface area (Å²) in [6, 6.07) is 8.98. The number of aromatic nitrogens is 4. The monoisotopic (exact) mass is 369 g/mol. The molecule has 0 radical (unpaired) electrons. The van der Waals surface area contributed by atoms with E-state index < -0.39 is 0 Å². The van der Waals surface area contributed by atoms with Gasteiger partial charge in [-0.15, -0.1) is 0 Å².